The first-order chi connectivity index (χ1) is 19.4. The SMILES string of the molecule is C=C/C=C\C(=C)/C(C)=C\C=C(/C)C/C=C(C=C)/C=C(\N=CN)C(=C)CCCCCCC=O.CC.CC.CC.CN. The summed E-state index contributed by atoms with van der Waals surface area (Å²) >= 11 is 0. The van der Waals surface area contributed by atoms with Gasteiger partial charge in [-0.2, -0.15) is 0 Å². The Morgan fingerprint density at radius 2 is 1.45 bits per heavy atom. The van der Waals surface area contributed by atoms with Crippen LogP contribution in [-0.2, 0) is 4.79 Å². The standard InChI is InChI=1S/C29H40N2O.3C2H6.CH5N/c1-7-9-15-25(4)26(5)19-17-24(3)18-20-28(8-2)22-29(31-23-30)27(6)16-13-11-10-12-14-21-32;4*1-2/h7-9,15,17,19-23H,1-2,4,6,10-14,16,18H2,3,5H3,(H2,30,31);3*1-2H3;2H2,1H3/b15-9-,24-17+,26-19-,28-20+,29-22-;;;;. The van der Waals surface area contributed by atoms with Gasteiger partial charge in [0.25, 0.3) is 0 Å². The first kappa shape index (κ1) is 46.6. The van der Waals surface area contributed by atoms with Gasteiger partial charge in [-0.25, -0.2) is 4.99 Å². The van der Waals surface area contributed by atoms with E-state index in [1.165, 1.54) is 19.0 Å². The zero-order chi connectivity index (χ0) is 32.2. The number of aliphatic imine (C=N–C) groups is 1. The van der Waals surface area contributed by atoms with Crippen molar-refractivity contribution in [3.8, 4) is 0 Å². The number of aldehydes is 1. The molecule has 0 aliphatic heterocycles. The lowest BCUT2D eigenvalue weighted by Crippen LogP contribution is -1.94. The molecule has 0 aliphatic carbocycles. The molecule has 0 unspecified atom stereocenters. The van der Waals surface area contributed by atoms with Crippen molar-refractivity contribution < 1.29 is 4.79 Å². The summed E-state index contributed by atoms with van der Waals surface area (Å²) in [5.74, 6) is 0. The van der Waals surface area contributed by atoms with Crippen LogP contribution in [0.5, 0.6) is 0 Å². The van der Waals surface area contributed by atoms with Gasteiger partial charge in [-0.15, -0.1) is 0 Å². The Kier molecular flexibility index (Phi) is 46.9. The number of allylic oxidation sites excluding steroid dienone is 13. The summed E-state index contributed by atoms with van der Waals surface area (Å²) in [7, 11) is 1.50. The molecule has 0 spiro atoms. The van der Waals surface area contributed by atoms with Gasteiger partial charge in [0, 0.05) is 6.42 Å². The second-order valence-electron chi connectivity index (χ2n) is 7.63. The van der Waals surface area contributed by atoms with Gasteiger partial charge in [0.05, 0.1) is 12.0 Å². The molecule has 0 fully saturated rings. The van der Waals surface area contributed by atoms with Crippen LogP contribution in [-0.4, -0.2) is 19.7 Å². The number of carbonyl (C=O) groups is 1. The number of hydrogen-bond acceptors (Lipinski definition) is 3. The highest BCUT2D eigenvalue weighted by Gasteiger charge is 2.03. The molecule has 4 nitrogen and oxygen atoms in total. The predicted molar refractivity (Wildman–Crippen MR) is 187 cm³/mol. The molecule has 4 N–H and O–H groups in total. The number of carbonyl (C=O) groups excluding carboxylic acids is 1. The summed E-state index contributed by atoms with van der Waals surface area (Å²) < 4.78 is 0. The van der Waals surface area contributed by atoms with E-state index in [-0.39, 0.29) is 0 Å². The molecular formula is C36H63N3O. The molecule has 0 bridgehead atoms. The third-order valence-electron chi connectivity index (χ3n) is 4.88. The normalized spacial score (nSPS) is 11.4. The quantitative estimate of drug-likeness (QED) is 0.0618. The Balaban J connectivity index is -0.000000464. The van der Waals surface area contributed by atoms with Gasteiger partial charge >= 0.3 is 0 Å². The van der Waals surface area contributed by atoms with Gasteiger partial charge < -0.3 is 16.3 Å². The van der Waals surface area contributed by atoms with Gasteiger partial charge in [-0.1, -0.05) is 129 Å². The predicted octanol–water partition coefficient (Wildman–Crippen LogP) is 10.3. The summed E-state index contributed by atoms with van der Waals surface area (Å²) in [5, 5.41) is 0. The molecule has 0 saturated heterocycles. The van der Waals surface area contributed by atoms with Crippen LogP contribution in [0, 0.1) is 0 Å². The third-order valence-corrected chi connectivity index (χ3v) is 4.88. The Morgan fingerprint density at radius 1 is 0.875 bits per heavy atom. The average molecular weight is 554 g/mol. The van der Waals surface area contributed by atoms with Gasteiger partial charge in [0.1, 0.15) is 6.29 Å². The Bertz CT molecular complexity index is 834. The maximum absolute atomic E-state index is 10.4. The highest BCUT2D eigenvalue weighted by Crippen LogP contribution is 2.20. The number of hydrogen-bond donors (Lipinski definition) is 2. The molecule has 228 valence electrons. The molecule has 0 heterocycles. The summed E-state index contributed by atoms with van der Waals surface area (Å²) in [5.41, 5.74) is 16.0. The van der Waals surface area contributed by atoms with Crippen molar-refractivity contribution >= 4 is 12.6 Å². The molecule has 0 aromatic carbocycles. The lowest BCUT2D eigenvalue weighted by atomic mass is 10.0. The Morgan fingerprint density at radius 3 is 1.95 bits per heavy atom. The number of rotatable bonds is 17. The van der Waals surface area contributed by atoms with Gasteiger partial charge in [-0.05, 0) is 74.9 Å². The minimum atomic E-state index is 0.640. The molecule has 0 radical (unpaired) electrons. The fourth-order valence-corrected chi connectivity index (χ4v) is 2.75. The fourth-order valence-electron chi connectivity index (χ4n) is 2.75. The van der Waals surface area contributed by atoms with Crippen LogP contribution in [0.4, 0.5) is 0 Å². The van der Waals surface area contributed by atoms with Crippen LogP contribution in [0.1, 0.15) is 100 Å². The fraction of sp³-hybridized carbons (Fsp3) is 0.444. The van der Waals surface area contributed by atoms with Gasteiger partial charge in [-0.3, -0.25) is 0 Å². The van der Waals surface area contributed by atoms with E-state index >= 15 is 0 Å². The van der Waals surface area contributed by atoms with E-state index < -0.39 is 0 Å². The summed E-state index contributed by atoms with van der Waals surface area (Å²) in [6.07, 6.45) is 24.3. The van der Waals surface area contributed by atoms with E-state index in [0.717, 1.165) is 72.8 Å². The average Bonchev–Trinajstić information content (AvgIpc) is 3.01. The van der Waals surface area contributed by atoms with Crippen molar-refractivity contribution in [2.75, 3.05) is 7.05 Å². The van der Waals surface area contributed by atoms with E-state index in [1.807, 2.05) is 72.8 Å². The van der Waals surface area contributed by atoms with E-state index in [9.17, 15) is 4.79 Å². The first-order valence-electron chi connectivity index (χ1n) is 14.7. The smallest absolute Gasteiger partial charge is 0.119 e. The maximum Gasteiger partial charge on any atom is 0.119 e. The number of nitrogens with two attached hydrogens (primary N) is 2. The van der Waals surface area contributed by atoms with Crippen LogP contribution in [0.3, 0.4) is 0 Å². The number of unbranched alkanes of at least 4 members (excludes halogenated alkanes) is 4. The topological polar surface area (TPSA) is 81.5 Å². The molecule has 0 aromatic heterocycles. The van der Waals surface area contributed by atoms with Crippen molar-refractivity contribution in [2.24, 2.45) is 16.5 Å². The summed E-state index contributed by atoms with van der Waals surface area (Å²) in [6, 6.07) is 0. The maximum atomic E-state index is 10.4. The summed E-state index contributed by atoms with van der Waals surface area (Å²) in [4.78, 5) is 14.7. The van der Waals surface area contributed by atoms with Crippen LogP contribution >= 0.6 is 0 Å². The highest BCUT2D eigenvalue weighted by molar-refractivity contribution is 5.56. The van der Waals surface area contributed by atoms with E-state index in [1.54, 1.807) is 6.08 Å². The first-order valence-corrected chi connectivity index (χ1v) is 14.7. The highest BCUT2D eigenvalue weighted by atomic mass is 16.1. The Labute approximate surface area is 249 Å². The molecule has 0 saturated carbocycles. The lowest BCUT2D eigenvalue weighted by Gasteiger charge is -2.07. The van der Waals surface area contributed by atoms with Gasteiger partial charge in [0.2, 0.25) is 0 Å². The largest absolute Gasteiger partial charge is 0.390 e. The van der Waals surface area contributed by atoms with Crippen molar-refractivity contribution in [2.45, 2.75) is 100 Å². The van der Waals surface area contributed by atoms with Crippen molar-refractivity contribution in [3.63, 3.8) is 0 Å². The third kappa shape index (κ3) is 31.0. The molecule has 0 aromatic rings. The minimum Gasteiger partial charge on any atom is -0.390 e. The van der Waals surface area contributed by atoms with Crippen LogP contribution in [0.15, 0.2) is 113 Å². The summed E-state index contributed by atoms with van der Waals surface area (Å²) in [6.45, 7) is 32.0. The Hall–Kier alpha value is -3.24. The van der Waals surface area contributed by atoms with Crippen molar-refractivity contribution in [1.29, 1.82) is 0 Å². The molecule has 4 heteroatoms. The zero-order valence-electron chi connectivity index (χ0n) is 27.6. The van der Waals surface area contributed by atoms with E-state index in [4.69, 9.17) is 5.73 Å². The van der Waals surface area contributed by atoms with E-state index in [0.29, 0.717) is 6.42 Å². The van der Waals surface area contributed by atoms with Crippen LogP contribution < -0.4 is 11.5 Å². The van der Waals surface area contributed by atoms with E-state index in [2.05, 4.69) is 62.2 Å². The van der Waals surface area contributed by atoms with Crippen LogP contribution in [0.2, 0.25) is 0 Å². The second-order valence-corrected chi connectivity index (χ2v) is 7.63. The molecule has 40 heavy (non-hydrogen) atoms. The van der Waals surface area contributed by atoms with Gasteiger partial charge in [0.15, 0.2) is 0 Å². The lowest BCUT2D eigenvalue weighted by molar-refractivity contribution is -0.107. The molecular weight excluding hydrogens is 490 g/mol. The molecule has 0 atom stereocenters. The number of nitrogens with zero attached hydrogens (tertiary/aromatic N) is 1. The molecule has 0 amide bonds. The van der Waals surface area contributed by atoms with Crippen LogP contribution in [0.25, 0.3) is 0 Å². The second kappa shape index (κ2) is 40.3. The van der Waals surface area contributed by atoms with Crippen molar-refractivity contribution in [3.05, 3.63) is 108 Å². The minimum absolute atomic E-state index is 0.640. The monoisotopic (exact) mass is 553 g/mol. The molecule has 0 rings (SSSR count). The van der Waals surface area contributed by atoms with Crippen molar-refractivity contribution in [1.82, 2.24) is 0 Å². The molecule has 0 aliphatic rings. The zero-order valence-corrected chi connectivity index (χ0v) is 27.6.